The molecule has 9 aromatic rings. The third-order valence-corrected chi connectivity index (χ3v) is 20.4. The minimum atomic E-state index is -0.280. The van der Waals surface area contributed by atoms with E-state index < -0.39 is 0 Å². The molecule has 4 bridgehead atoms. The summed E-state index contributed by atoms with van der Waals surface area (Å²) in [6.07, 6.45) is 2.17. The molecule has 9 aromatic carbocycles. The van der Waals surface area contributed by atoms with Gasteiger partial charge in [-0.25, -0.2) is 0 Å². The first-order chi connectivity index (χ1) is 38.7. The predicted octanol–water partition coefficient (Wildman–Crippen LogP) is 19.3. The summed E-state index contributed by atoms with van der Waals surface area (Å²) in [5.41, 5.74) is 28.7. The fraction of sp³-hybridized carbons (Fsp3) is 0.308. The Morgan fingerprint density at radius 2 is 0.902 bits per heavy atom. The minimum Gasteiger partial charge on any atom is -0.334 e. The van der Waals surface area contributed by atoms with Crippen LogP contribution in [0.4, 0.5) is 45.5 Å². The van der Waals surface area contributed by atoms with Crippen molar-refractivity contribution in [3.05, 3.63) is 221 Å². The lowest BCUT2D eigenvalue weighted by atomic mass is 9.33. The maximum Gasteiger partial charge on any atom is 0.252 e. The Balaban J connectivity index is 1.16. The van der Waals surface area contributed by atoms with Crippen LogP contribution in [0.15, 0.2) is 188 Å². The fourth-order valence-corrected chi connectivity index (χ4v) is 15.9. The number of nitrogens with zero attached hydrogens (tertiary/aromatic N) is 3. The van der Waals surface area contributed by atoms with Gasteiger partial charge in [0.15, 0.2) is 0 Å². The summed E-state index contributed by atoms with van der Waals surface area (Å²) in [7, 11) is 0. The molecule has 82 heavy (non-hydrogen) atoms. The molecule has 1 fully saturated rings. The van der Waals surface area contributed by atoms with Crippen molar-refractivity contribution in [1.29, 1.82) is 0 Å². The molecule has 0 spiro atoms. The van der Waals surface area contributed by atoms with Gasteiger partial charge < -0.3 is 14.7 Å². The highest BCUT2D eigenvalue weighted by Gasteiger charge is 2.64. The molecular weight excluding hydrogens is 990 g/mol. The van der Waals surface area contributed by atoms with Gasteiger partial charge in [0.25, 0.3) is 6.71 Å². The lowest BCUT2D eigenvalue weighted by Gasteiger charge is -2.48. The van der Waals surface area contributed by atoms with Gasteiger partial charge >= 0.3 is 0 Å². The number of benzene rings is 9. The van der Waals surface area contributed by atoms with Crippen molar-refractivity contribution in [2.75, 3.05) is 14.7 Å². The summed E-state index contributed by atoms with van der Waals surface area (Å²) >= 11 is 0. The molecule has 0 saturated heterocycles. The summed E-state index contributed by atoms with van der Waals surface area (Å²) in [6, 6.07) is 74.1. The van der Waals surface area contributed by atoms with E-state index in [0.717, 1.165) is 12.8 Å². The van der Waals surface area contributed by atoms with E-state index in [2.05, 4.69) is 307 Å². The van der Waals surface area contributed by atoms with Gasteiger partial charge in [-0.1, -0.05) is 230 Å². The normalized spacial score (nSPS) is 19.7. The van der Waals surface area contributed by atoms with Crippen LogP contribution in [-0.2, 0) is 27.1 Å². The van der Waals surface area contributed by atoms with Crippen LogP contribution < -0.4 is 31.1 Å². The molecule has 1 aliphatic carbocycles. The molecule has 3 nitrogen and oxygen atoms in total. The number of rotatable bonds is 4. The fourth-order valence-electron chi connectivity index (χ4n) is 15.9. The Morgan fingerprint density at radius 1 is 0.378 bits per heavy atom. The zero-order valence-corrected chi connectivity index (χ0v) is 51.2. The van der Waals surface area contributed by atoms with Crippen LogP contribution in [-0.4, -0.2) is 12.3 Å². The van der Waals surface area contributed by atoms with Crippen molar-refractivity contribution >= 4 is 68.6 Å². The molecule has 4 aliphatic heterocycles. The Morgan fingerprint density at radius 3 is 1.51 bits per heavy atom. The third-order valence-electron chi connectivity index (χ3n) is 20.4. The molecule has 0 N–H and O–H groups in total. The van der Waals surface area contributed by atoms with Gasteiger partial charge in [-0.05, 0) is 168 Å². The lowest BCUT2D eigenvalue weighted by molar-refractivity contribution is 0.330. The maximum atomic E-state index is 2.84. The first-order valence-electron chi connectivity index (χ1n) is 30.3. The van der Waals surface area contributed by atoms with Crippen molar-refractivity contribution in [2.24, 2.45) is 5.41 Å². The standard InChI is InChI=1S/C78H80BN3/c1-72(2,3)53-31-36-64(59(41-53)50-25-20-17-21-26-50)80-67-35-29-51(49-23-18-16-19-24-49)40-63(67)79-62-34-30-57-44-68(62)81(65-37-32-54(73(4,5)6)42-60(65)52-27-22-28-56(39-52)76(57,12)13)70-46-58(45-69(80)71(70)79)82-66-38-33-55(74(7,8)9)43-61(66)77(14)47-75(10,11)48-78(77,82)15/h16-46H,47-48H2,1-15H3. The lowest BCUT2D eigenvalue weighted by Crippen LogP contribution is -2.61. The second kappa shape index (κ2) is 17.5. The monoisotopic (exact) mass is 1070 g/mol. The van der Waals surface area contributed by atoms with Gasteiger partial charge in [-0.15, -0.1) is 0 Å². The zero-order valence-electron chi connectivity index (χ0n) is 51.2. The topological polar surface area (TPSA) is 9.72 Å². The van der Waals surface area contributed by atoms with E-state index in [4.69, 9.17) is 0 Å². The highest BCUT2D eigenvalue weighted by atomic mass is 15.3. The van der Waals surface area contributed by atoms with Crippen LogP contribution in [0.5, 0.6) is 0 Å². The molecule has 2 unspecified atom stereocenters. The Bertz CT molecular complexity index is 4110. The van der Waals surface area contributed by atoms with E-state index >= 15 is 0 Å². The SMILES string of the molecule is CC1(C)CC2(C)c3cc(C(C)(C)C)ccc3N(c3cc4c5c(c3)N3c6cc(ccc6B5c5cc(-c6ccccc6)ccc5N4c4ccc(C(C)(C)C)cc4-c4ccccc4)C(C)(C)c4cccc(c4)-c4cc(C(C)(C)C)ccc43)C2(C)C1. The molecule has 2 atom stereocenters. The van der Waals surface area contributed by atoms with Gasteiger partial charge in [0.1, 0.15) is 0 Å². The van der Waals surface area contributed by atoms with Gasteiger partial charge in [0.05, 0.1) is 16.9 Å². The zero-order chi connectivity index (χ0) is 57.4. The van der Waals surface area contributed by atoms with Crippen LogP contribution in [0.25, 0.3) is 33.4 Å². The average molecular weight is 1070 g/mol. The summed E-state index contributed by atoms with van der Waals surface area (Å²) in [5, 5.41) is 0. The predicted molar refractivity (Wildman–Crippen MR) is 352 cm³/mol. The molecule has 14 rings (SSSR count). The van der Waals surface area contributed by atoms with E-state index in [-0.39, 0.29) is 44.7 Å². The van der Waals surface area contributed by atoms with Crippen LogP contribution >= 0.6 is 0 Å². The molecule has 4 heterocycles. The van der Waals surface area contributed by atoms with Gasteiger partial charge in [0.2, 0.25) is 0 Å². The number of hydrogen-bond donors (Lipinski definition) is 0. The van der Waals surface area contributed by atoms with E-state index in [1.54, 1.807) is 0 Å². The largest absolute Gasteiger partial charge is 0.334 e. The van der Waals surface area contributed by atoms with Crippen molar-refractivity contribution in [1.82, 2.24) is 0 Å². The summed E-state index contributed by atoms with van der Waals surface area (Å²) < 4.78 is 0. The summed E-state index contributed by atoms with van der Waals surface area (Å²) in [5.74, 6) is 0. The first-order valence-corrected chi connectivity index (χ1v) is 30.3. The molecule has 1 saturated carbocycles. The smallest absolute Gasteiger partial charge is 0.252 e. The number of hydrogen-bond acceptors (Lipinski definition) is 3. The van der Waals surface area contributed by atoms with Crippen LogP contribution in [0, 0.1) is 5.41 Å². The van der Waals surface area contributed by atoms with Crippen LogP contribution in [0.3, 0.4) is 0 Å². The summed E-state index contributed by atoms with van der Waals surface area (Å²) in [6.45, 7) is 36.2. The highest BCUT2D eigenvalue weighted by molar-refractivity contribution is 7.00. The van der Waals surface area contributed by atoms with E-state index in [1.165, 1.54) is 129 Å². The highest BCUT2D eigenvalue weighted by Crippen LogP contribution is 2.68. The van der Waals surface area contributed by atoms with Crippen molar-refractivity contribution in [3.8, 4) is 33.4 Å². The van der Waals surface area contributed by atoms with Crippen molar-refractivity contribution in [3.63, 3.8) is 0 Å². The van der Waals surface area contributed by atoms with Crippen LogP contribution in [0.1, 0.15) is 150 Å². The minimum absolute atomic E-state index is 0.00522. The first kappa shape index (κ1) is 52.5. The Kier molecular flexibility index (Phi) is 11.2. The maximum absolute atomic E-state index is 2.84. The van der Waals surface area contributed by atoms with Gasteiger partial charge in [0, 0.05) is 56.1 Å². The molecular formula is C78H80BN3. The van der Waals surface area contributed by atoms with Crippen molar-refractivity contribution < 1.29 is 0 Å². The van der Waals surface area contributed by atoms with Crippen LogP contribution in [0.2, 0.25) is 0 Å². The molecule has 410 valence electrons. The molecule has 4 heteroatoms. The summed E-state index contributed by atoms with van der Waals surface area (Å²) in [4.78, 5) is 8.25. The quantitative estimate of drug-likeness (QED) is 0.163. The Labute approximate surface area is 490 Å². The number of fused-ring (bicyclic) bond motifs is 13. The van der Waals surface area contributed by atoms with E-state index in [1.807, 2.05) is 0 Å². The second-order valence-corrected chi connectivity index (χ2v) is 29.9. The molecule has 0 amide bonds. The van der Waals surface area contributed by atoms with E-state index in [9.17, 15) is 0 Å². The van der Waals surface area contributed by atoms with Gasteiger partial charge in [-0.3, -0.25) is 0 Å². The molecule has 5 aliphatic rings. The average Bonchev–Trinajstić information content (AvgIpc) is 2.23. The Hall–Kier alpha value is -7.56. The molecule has 0 aromatic heterocycles. The molecule has 0 radical (unpaired) electrons. The third kappa shape index (κ3) is 7.75. The second-order valence-electron chi connectivity index (χ2n) is 29.9. The number of anilines is 8. The van der Waals surface area contributed by atoms with Gasteiger partial charge in [-0.2, -0.15) is 0 Å². The van der Waals surface area contributed by atoms with E-state index in [0.29, 0.717) is 0 Å². The van der Waals surface area contributed by atoms with Crippen molar-refractivity contribution in [2.45, 2.75) is 149 Å².